The highest BCUT2D eigenvalue weighted by molar-refractivity contribution is 7.99. The van der Waals surface area contributed by atoms with Crippen LogP contribution < -0.4 is 11.1 Å². The molecule has 0 aliphatic heterocycles. The average molecular weight is 289 g/mol. The fraction of sp³-hybridized carbons (Fsp3) is 0.417. The molecule has 1 unspecified atom stereocenters. The minimum absolute atomic E-state index is 0.0909. The van der Waals surface area contributed by atoms with Gasteiger partial charge in [0.1, 0.15) is 0 Å². The van der Waals surface area contributed by atoms with Gasteiger partial charge in [0.25, 0.3) is 0 Å². The average Bonchev–Trinajstić information content (AvgIpc) is 2.33. The lowest BCUT2D eigenvalue weighted by atomic mass is 10.2. The van der Waals surface area contributed by atoms with Crippen molar-refractivity contribution >= 4 is 40.6 Å². The number of aliphatic hydroxyl groups is 1. The van der Waals surface area contributed by atoms with E-state index in [2.05, 4.69) is 5.32 Å². The van der Waals surface area contributed by atoms with Gasteiger partial charge in [-0.25, -0.2) is 0 Å². The number of thioether (sulfide) groups is 1. The molecule has 1 aromatic carbocycles. The van der Waals surface area contributed by atoms with Crippen LogP contribution in [0.25, 0.3) is 0 Å². The first-order valence-electron chi connectivity index (χ1n) is 5.56. The lowest BCUT2D eigenvalue weighted by molar-refractivity contribution is -0.113. The lowest BCUT2D eigenvalue weighted by Crippen LogP contribution is -2.15. The topological polar surface area (TPSA) is 75.3 Å². The molecular formula is C12H17ClN2O2S. The second-order valence-corrected chi connectivity index (χ2v) is 5.52. The van der Waals surface area contributed by atoms with Gasteiger partial charge in [-0.3, -0.25) is 4.79 Å². The second-order valence-electron chi connectivity index (χ2n) is 4.09. The Morgan fingerprint density at radius 2 is 2.33 bits per heavy atom. The summed E-state index contributed by atoms with van der Waals surface area (Å²) in [7, 11) is 0. The molecule has 1 atom stereocenters. The highest BCUT2D eigenvalue weighted by Gasteiger charge is 2.06. The number of rotatable bonds is 6. The maximum atomic E-state index is 11.6. The van der Waals surface area contributed by atoms with E-state index in [4.69, 9.17) is 22.4 Å². The SMILES string of the molecule is CC(CO)CSCC(=O)Nc1ccc(Cl)c(N)c1. The number of carbonyl (C=O) groups excluding carboxylic acids is 1. The number of nitrogen functional groups attached to an aromatic ring is 1. The molecule has 0 saturated carbocycles. The standard InChI is InChI=1S/C12H17ClN2O2S/c1-8(5-16)6-18-7-12(17)15-9-2-3-10(13)11(14)4-9/h2-4,8,16H,5-7,14H2,1H3,(H,15,17). The largest absolute Gasteiger partial charge is 0.397 e. The molecular weight excluding hydrogens is 272 g/mol. The number of hydrogen-bond donors (Lipinski definition) is 3. The first-order valence-corrected chi connectivity index (χ1v) is 7.09. The lowest BCUT2D eigenvalue weighted by Gasteiger charge is -2.08. The van der Waals surface area contributed by atoms with Crippen LogP contribution in [0.4, 0.5) is 11.4 Å². The first kappa shape index (κ1) is 15.1. The predicted octanol–water partition coefficient (Wildman–Crippen LogP) is 2.22. The summed E-state index contributed by atoms with van der Waals surface area (Å²) in [5.41, 5.74) is 6.72. The summed E-state index contributed by atoms with van der Waals surface area (Å²) in [5, 5.41) is 12.1. The molecule has 4 nitrogen and oxygen atoms in total. The predicted molar refractivity (Wildman–Crippen MR) is 78.1 cm³/mol. The van der Waals surface area contributed by atoms with Gasteiger partial charge in [0.2, 0.25) is 5.91 Å². The number of amides is 1. The van der Waals surface area contributed by atoms with E-state index in [1.54, 1.807) is 18.2 Å². The van der Waals surface area contributed by atoms with Crippen molar-refractivity contribution in [1.29, 1.82) is 0 Å². The van der Waals surface area contributed by atoms with Crippen molar-refractivity contribution < 1.29 is 9.90 Å². The first-order chi connectivity index (χ1) is 8.52. The van der Waals surface area contributed by atoms with Crippen molar-refractivity contribution in [2.75, 3.05) is 29.2 Å². The minimum atomic E-state index is -0.0909. The molecule has 0 aromatic heterocycles. The molecule has 0 spiro atoms. The van der Waals surface area contributed by atoms with Crippen LogP contribution in [0, 0.1) is 5.92 Å². The third-order valence-corrected chi connectivity index (χ3v) is 3.84. The van der Waals surface area contributed by atoms with Gasteiger partial charge in [-0.1, -0.05) is 18.5 Å². The van der Waals surface area contributed by atoms with Crippen LogP contribution in [-0.4, -0.2) is 29.1 Å². The summed E-state index contributed by atoms with van der Waals surface area (Å²) in [4.78, 5) is 11.6. The summed E-state index contributed by atoms with van der Waals surface area (Å²) < 4.78 is 0. The van der Waals surface area contributed by atoms with Gasteiger partial charge in [-0.2, -0.15) is 11.8 Å². The Bertz CT molecular complexity index is 415. The number of carbonyl (C=O) groups is 1. The number of halogens is 1. The summed E-state index contributed by atoms with van der Waals surface area (Å²) >= 11 is 7.28. The Morgan fingerprint density at radius 3 is 2.94 bits per heavy atom. The maximum absolute atomic E-state index is 11.6. The zero-order valence-electron chi connectivity index (χ0n) is 10.1. The molecule has 6 heteroatoms. The molecule has 0 bridgehead atoms. The van der Waals surface area contributed by atoms with E-state index in [1.165, 1.54) is 11.8 Å². The molecule has 18 heavy (non-hydrogen) atoms. The van der Waals surface area contributed by atoms with Gasteiger partial charge in [0, 0.05) is 12.3 Å². The molecule has 0 heterocycles. The van der Waals surface area contributed by atoms with Gasteiger partial charge in [-0.15, -0.1) is 0 Å². The number of hydrogen-bond acceptors (Lipinski definition) is 4. The molecule has 1 amide bonds. The van der Waals surface area contributed by atoms with E-state index in [0.717, 1.165) is 5.75 Å². The van der Waals surface area contributed by atoms with Crippen molar-refractivity contribution in [3.63, 3.8) is 0 Å². The second kappa shape index (κ2) is 7.51. The fourth-order valence-corrected chi connectivity index (χ4v) is 2.22. The molecule has 100 valence electrons. The van der Waals surface area contributed by atoms with E-state index in [0.29, 0.717) is 22.2 Å². The number of nitrogens with one attached hydrogen (secondary N) is 1. The molecule has 1 rings (SSSR count). The maximum Gasteiger partial charge on any atom is 0.234 e. The third kappa shape index (κ3) is 5.16. The molecule has 1 aromatic rings. The van der Waals surface area contributed by atoms with E-state index >= 15 is 0 Å². The minimum Gasteiger partial charge on any atom is -0.397 e. The Kier molecular flexibility index (Phi) is 6.32. The highest BCUT2D eigenvalue weighted by atomic mass is 35.5. The van der Waals surface area contributed by atoms with Crippen LogP contribution in [0.15, 0.2) is 18.2 Å². The highest BCUT2D eigenvalue weighted by Crippen LogP contribution is 2.22. The molecule has 0 aliphatic carbocycles. The Balaban J connectivity index is 2.38. The van der Waals surface area contributed by atoms with Gasteiger partial charge >= 0.3 is 0 Å². The molecule has 0 aliphatic rings. The van der Waals surface area contributed by atoms with Crippen LogP contribution in [0.3, 0.4) is 0 Å². The quantitative estimate of drug-likeness (QED) is 0.702. The normalized spacial score (nSPS) is 12.2. The van der Waals surface area contributed by atoms with Crippen LogP contribution in [-0.2, 0) is 4.79 Å². The van der Waals surface area contributed by atoms with Gasteiger partial charge in [-0.05, 0) is 29.9 Å². The van der Waals surface area contributed by atoms with Gasteiger partial charge in [0.05, 0.1) is 16.5 Å². The smallest absolute Gasteiger partial charge is 0.234 e. The van der Waals surface area contributed by atoms with Gasteiger partial charge < -0.3 is 16.2 Å². The molecule has 0 saturated heterocycles. The summed E-state index contributed by atoms with van der Waals surface area (Å²) in [5.74, 6) is 1.22. The number of nitrogens with two attached hydrogens (primary N) is 1. The van der Waals surface area contributed by atoms with E-state index in [-0.39, 0.29) is 18.4 Å². The van der Waals surface area contributed by atoms with Crippen molar-refractivity contribution in [2.45, 2.75) is 6.92 Å². The summed E-state index contributed by atoms with van der Waals surface area (Å²) in [6.07, 6.45) is 0. The summed E-state index contributed by atoms with van der Waals surface area (Å²) in [6.45, 7) is 2.08. The Hall–Kier alpha value is -0.910. The Labute approximate surface area is 116 Å². The van der Waals surface area contributed by atoms with Crippen LogP contribution in [0.2, 0.25) is 5.02 Å². The van der Waals surface area contributed by atoms with Crippen LogP contribution in [0.5, 0.6) is 0 Å². The van der Waals surface area contributed by atoms with Crippen molar-refractivity contribution in [3.05, 3.63) is 23.2 Å². The molecule has 0 fully saturated rings. The number of anilines is 2. The van der Waals surface area contributed by atoms with Crippen LogP contribution in [0.1, 0.15) is 6.92 Å². The molecule has 0 radical (unpaired) electrons. The van der Waals surface area contributed by atoms with Gasteiger partial charge in [0.15, 0.2) is 0 Å². The van der Waals surface area contributed by atoms with Crippen LogP contribution >= 0.6 is 23.4 Å². The third-order valence-electron chi connectivity index (χ3n) is 2.23. The van der Waals surface area contributed by atoms with Crippen molar-refractivity contribution in [3.8, 4) is 0 Å². The van der Waals surface area contributed by atoms with E-state index < -0.39 is 0 Å². The summed E-state index contributed by atoms with van der Waals surface area (Å²) in [6, 6.07) is 4.98. The zero-order chi connectivity index (χ0) is 13.5. The Morgan fingerprint density at radius 1 is 1.61 bits per heavy atom. The van der Waals surface area contributed by atoms with E-state index in [9.17, 15) is 4.79 Å². The molecule has 4 N–H and O–H groups in total. The fourth-order valence-electron chi connectivity index (χ4n) is 1.22. The zero-order valence-corrected chi connectivity index (χ0v) is 11.7. The van der Waals surface area contributed by atoms with E-state index in [1.807, 2.05) is 6.92 Å². The van der Waals surface area contributed by atoms with Crippen molar-refractivity contribution in [1.82, 2.24) is 0 Å². The number of aliphatic hydroxyl groups excluding tert-OH is 1. The monoisotopic (exact) mass is 288 g/mol. The van der Waals surface area contributed by atoms with Crippen molar-refractivity contribution in [2.24, 2.45) is 5.92 Å². The number of benzene rings is 1.